The van der Waals surface area contributed by atoms with Gasteiger partial charge >= 0.3 is 19.8 Å². The van der Waals surface area contributed by atoms with Crippen LogP contribution in [0.4, 0.5) is 0 Å². The number of carbonyl (C=O) groups excluding carboxylic acids is 2. The molecule has 45 heavy (non-hydrogen) atoms. The molecule has 0 saturated carbocycles. The first-order valence-corrected chi connectivity index (χ1v) is 18.8. The highest BCUT2D eigenvalue weighted by atomic mass is 31.2. The number of ether oxygens (including phenoxy) is 2. The third kappa shape index (κ3) is 31.8. The summed E-state index contributed by atoms with van der Waals surface area (Å²) < 4.78 is 31.7. The van der Waals surface area contributed by atoms with Crippen LogP contribution in [0.3, 0.4) is 0 Å². The zero-order chi connectivity index (χ0) is 33.3. The van der Waals surface area contributed by atoms with Crippen molar-refractivity contribution in [3.8, 4) is 0 Å². The van der Waals surface area contributed by atoms with E-state index in [1.807, 2.05) is 0 Å². The molecule has 0 saturated heterocycles. The maximum Gasteiger partial charge on any atom is 0.472 e. The third-order valence-electron chi connectivity index (χ3n) is 7.09. The molecular weight excluding hydrogens is 591 g/mol. The molecule has 0 rings (SSSR count). The molecule has 8 nitrogen and oxygen atoms in total. The SMILES string of the molecule is CC/C=C\C/C=C\C/C=C\C/C=C\CCCCC(=O)OC(COC(=O)CCCCCCCCCCCCC)COP(=O)(O)OC. The van der Waals surface area contributed by atoms with E-state index in [4.69, 9.17) is 14.0 Å². The Balaban J connectivity index is 4.20. The van der Waals surface area contributed by atoms with Crippen LogP contribution in [0.25, 0.3) is 0 Å². The van der Waals surface area contributed by atoms with Crippen LogP contribution in [0.5, 0.6) is 0 Å². The summed E-state index contributed by atoms with van der Waals surface area (Å²) in [5, 5.41) is 0. The molecule has 0 aromatic heterocycles. The summed E-state index contributed by atoms with van der Waals surface area (Å²) in [6.07, 6.45) is 35.9. The van der Waals surface area contributed by atoms with Crippen molar-refractivity contribution < 1.29 is 37.6 Å². The van der Waals surface area contributed by atoms with Crippen molar-refractivity contribution in [3.63, 3.8) is 0 Å². The normalized spacial score (nSPS) is 14.1. The average molecular weight is 655 g/mol. The smallest absolute Gasteiger partial charge is 0.462 e. The molecule has 0 heterocycles. The minimum absolute atomic E-state index is 0.192. The molecule has 0 aliphatic heterocycles. The third-order valence-corrected chi connectivity index (χ3v) is 8.02. The Morgan fingerprint density at radius 2 is 1.13 bits per heavy atom. The summed E-state index contributed by atoms with van der Waals surface area (Å²) in [6.45, 7) is 3.70. The van der Waals surface area contributed by atoms with Gasteiger partial charge < -0.3 is 14.4 Å². The molecule has 0 aromatic rings. The Morgan fingerprint density at radius 1 is 0.644 bits per heavy atom. The molecule has 0 aromatic carbocycles. The van der Waals surface area contributed by atoms with Crippen LogP contribution in [0, 0.1) is 0 Å². The number of phosphoric ester groups is 1. The van der Waals surface area contributed by atoms with E-state index in [-0.39, 0.29) is 25.4 Å². The molecule has 0 bridgehead atoms. The second kappa shape index (κ2) is 32.0. The number of rotatable bonds is 31. The van der Waals surface area contributed by atoms with E-state index in [2.05, 4.69) is 67.0 Å². The van der Waals surface area contributed by atoms with E-state index in [0.29, 0.717) is 6.42 Å². The lowest BCUT2D eigenvalue weighted by Gasteiger charge is -2.19. The van der Waals surface area contributed by atoms with Gasteiger partial charge in [0.2, 0.25) is 0 Å². The van der Waals surface area contributed by atoms with Gasteiger partial charge in [-0.3, -0.25) is 18.6 Å². The predicted molar refractivity (Wildman–Crippen MR) is 184 cm³/mol. The molecule has 2 unspecified atom stereocenters. The van der Waals surface area contributed by atoms with Crippen molar-refractivity contribution >= 4 is 19.8 Å². The fraction of sp³-hybridized carbons (Fsp3) is 0.722. The standard InChI is InChI=1S/C36H63O8P/c1-4-6-8-10-12-14-16-17-18-19-21-23-25-27-29-31-36(38)44-34(33-43-45(39,40)41-3)32-42-35(37)30-28-26-24-22-20-15-13-11-9-7-5-2/h6,8,12,14,17-18,21,23,34H,4-5,7,9-11,13,15-16,19-20,22,24-33H2,1-3H3,(H,39,40)/b8-6-,14-12-,18-17-,23-21-. The van der Waals surface area contributed by atoms with Gasteiger partial charge in [0.1, 0.15) is 6.61 Å². The number of esters is 2. The molecule has 1 N–H and O–H groups in total. The summed E-state index contributed by atoms with van der Waals surface area (Å²) in [4.78, 5) is 34.2. The van der Waals surface area contributed by atoms with Gasteiger partial charge in [-0.05, 0) is 51.4 Å². The van der Waals surface area contributed by atoms with Crippen LogP contribution >= 0.6 is 7.82 Å². The molecule has 260 valence electrons. The van der Waals surface area contributed by atoms with Crippen LogP contribution < -0.4 is 0 Å². The molecule has 0 fully saturated rings. The van der Waals surface area contributed by atoms with Crippen molar-refractivity contribution in [1.82, 2.24) is 0 Å². The van der Waals surface area contributed by atoms with E-state index in [0.717, 1.165) is 64.9 Å². The van der Waals surface area contributed by atoms with Gasteiger partial charge in [-0.2, -0.15) is 0 Å². The number of carbonyl (C=O) groups is 2. The molecule has 9 heteroatoms. The predicted octanol–water partition coefficient (Wildman–Crippen LogP) is 10.3. The largest absolute Gasteiger partial charge is 0.472 e. The summed E-state index contributed by atoms with van der Waals surface area (Å²) in [5.41, 5.74) is 0. The minimum atomic E-state index is -4.26. The average Bonchev–Trinajstić information content (AvgIpc) is 3.03. The Hall–Kier alpha value is -1.99. The van der Waals surface area contributed by atoms with Gasteiger partial charge in [0, 0.05) is 20.0 Å². The molecule has 0 aliphatic rings. The van der Waals surface area contributed by atoms with Crippen LogP contribution in [-0.2, 0) is 32.7 Å². The second-order valence-corrected chi connectivity index (χ2v) is 12.8. The molecule has 2 atom stereocenters. The molecule has 0 radical (unpaired) electrons. The van der Waals surface area contributed by atoms with E-state index < -0.39 is 26.5 Å². The molecule has 0 amide bonds. The number of hydrogen-bond donors (Lipinski definition) is 1. The van der Waals surface area contributed by atoms with Gasteiger partial charge in [0.25, 0.3) is 0 Å². The highest BCUT2D eigenvalue weighted by Gasteiger charge is 2.24. The first-order valence-electron chi connectivity index (χ1n) is 17.3. The fourth-order valence-electron chi connectivity index (χ4n) is 4.41. The van der Waals surface area contributed by atoms with Crippen LogP contribution in [0.2, 0.25) is 0 Å². The highest BCUT2D eigenvalue weighted by molar-refractivity contribution is 7.47. The summed E-state index contributed by atoms with van der Waals surface area (Å²) in [5.74, 6) is -0.857. The van der Waals surface area contributed by atoms with Gasteiger partial charge in [0.05, 0.1) is 6.61 Å². The van der Waals surface area contributed by atoms with E-state index in [1.165, 1.54) is 51.4 Å². The Morgan fingerprint density at radius 3 is 1.69 bits per heavy atom. The fourth-order valence-corrected chi connectivity index (χ4v) is 4.87. The maximum atomic E-state index is 12.4. The second-order valence-electron chi connectivity index (χ2n) is 11.3. The van der Waals surface area contributed by atoms with Gasteiger partial charge in [0.15, 0.2) is 6.10 Å². The molecule has 0 spiro atoms. The Bertz CT molecular complexity index is 880. The monoisotopic (exact) mass is 654 g/mol. The van der Waals surface area contributed by atoms with E-state index in [9.17, 15) is 19.0 Å². The van der Waals surface area contributed by atoms with Crippen molar-refractivity contribution in [2.75, 3.05) is 20.3 Å². The number of phosphoric acid groups is 1. The zero-order valence-electron chi connectivity index (χ0n) is 28.5. The van der Waals surface area contributed by atoms with Gasteiger partial charge in [-0.15, -0.1) is 0 Å². The maximum absolute atomic E-state index is 12.4. The topological polar surface area (TPSA) is 108 Å². The van der Waals surface area contributed by atoms with Gasteiger partial charge in [-0.25, -0.2) is 4.57 Å². The number of hydrogen-bond acceptors (Lipinski definition) is 7. The van der Waals surface area contributed by atoms with Crippen LogP contribution in [0.1, 0.15) is 142 Å². The Kier molecular flexibility index (Phi) is 30.6. The Labute approximate surface area is 274 Å². The van der Waals surface area contributed by atoms with E-state index in [1.54, 1.807) is 0 Å². The van der Waals surface area contributed by atoms with Crippen molar-refractivity contribution in [1.29, 1.82) is 0 Å². The number of allylic oxidation sites excluding steroid dienone is 8. The lowest BCUT2D eigenvalue weighted by molar-refractivity contribution is -0.161. The first kappa shape index (κ1) is 43.0. The zero-order valence-corrected chi connectivity index (χ0v) is 29.4. The van der Waals surface area contributed by atoms with Gasteiger partial charge in [-0.1, -0.05) is 127 Å². The number of unbranched alkanes of at least 4 members (excludes halogenated alkanes) is 12. The van der Waals surface area contributed by atoms with Crippen LogP contribution in [-0.4, -0.2) is 43.3 Å². The van der Waals surface area contributed by atoms with Crippen molar-refractivity contribution in [3.05, 3.63) is 48.6 Å². The van der Waals surface area contributed by atoms with Crippen LogP contribution in [0.15, 0.2) is 48.6 Å². The quantitative estimate of drug-likeness (QED) is 0.0340. The van der Waals surface area contributed by atoms with E-state index >= 15 is 0 Å². The first-order chi connectivity index (χ1) is 21.8. The molecular formula is C36H63O8P. The molecule has 0 aliphatic carbocycles. The van der Waals surface area contributed by atoms with Crippen molar-refractivity contribution in [2.24, 2.45) is 0 Å². The van der Waals surface area contributed by atoms with Crippen molar-refractivity contribution in [2.45, 2.75) is 148 Å². The minimum Gasteiger partial charge on any atom is -0.462 e. The summed E-state index contributed by atoms with van der Waals surface area (Å²) in [7, 11) is -3.22. The summed E-state index contributed by atoms with van der Waals surface area (Å²) >= 11 is 0. The summed E-state index contributed by atoms with van der Waals surface area (Å²) in [6, 6.07) is 0. The lowest BCUT2D eigenvalue weighted by atomic mass is 10.1. The highest BCUT2D eigenvalue weighted by Crippen LogP contribution is 2.42. The lowest BCUT2D eigenvalue weighted by Crippen LogP contribution is -2.29.